The molecule has 2 rings (SSSR count). The van der Waals surface area contributed by atoms with Crippen LogP contribution in [0.1, 0.15) is 18.1 Å². The second-order valence-corrected chi connectivity index (χ2v) is 6.41. The normalized spacial score (nSPS) is 10.7. The smallest absolute Gasteiger partial charge is 0.174 e. The van der Waals surface area contributed by atoms with E-state index in [9.17, 15) is 0 Å². The molecule has 2 aromatic rings. The minimum atomic E-state index is 0.572. The van der Waals surface area contributed by atoms with E-state index in [-0.39, 0.29) is 0 Å². The van der Waals surface area contributed by atoms with Gasteiger partial charge in [-0.3, -0.25) is 0 Å². The molecule has 0 bridgehead atoms. The molecule has 0 radical (unpaired) electrons. The Hall–Kier alpha value is -2.16. The molecule has 0 atom stereocenters. The van der Waals surface area contributed by atoms with Gasteiger partial charge in [-0.1, -0.05) is 6.07 Å². The summed E-state index contributed by atoms with van der Waals surface area (Å²) in [5.74, 6) is 2.85. The Morgan fingerprint density at radius 2 is 1.73 bits per heavy atom. The van der Waals surface area contributed by atoms with Crippen LogP contribution in [-0.4, -0.2) is 34.2 Å². The van der Waals surface area contributed by atoms with E-state index >= 15 is 0 Å². The van der Waals surface area contributed by atoms with Gasteiger partial charge < -0.3 is 24.4 Å². The van der Waals surface area contributed by atoms with Crippen molar-refractivity contribution >= 4 is 28.8 Å². The molecule has 0 aliphatic rings. The van der Waals surface area contributed by atoms with Gasteiger partial charge in [0, 0.05) is 0 Å². The highest BCUT2D eigenvalue weighted by atomic mass is 127. The van der Waals surface area contributed by atoms with E-state index in [1.54, 1.807) is 27.5 Å². The molecular weight excluding hydrogens is 447 g/mol. The Morgan fingerprint density at radius 3 is 2.38 bits per heavy atom. The minimum absolute atomic E-state index is 0.572. The Bertz CT molecular complexity index is 765. The summed E-state index contributed by atoms with van der Waals surface area (Å²) in [6.45, 7) is 3.11. The summed E-state index contributed by atoms with van der Waals surface area (Å²) in [6, 6.07) is 9.65. The SMILES string of the molecule is CCOc1c(I)cc(/C=N\NCc2ccc(OC)c(OC)c2)cc1OC. The van der Waals surface area contributed by atoms with Crippen LogP contribution in [0.3, 0.4) is 0 Å². The third-order valence-corrected chi connectivity index (χ3v) is 4.38. The van der Waals surface area contributed by atoms with Gasteiger partial charge in [0.25, 0.3) is 0 Å². The fourth-order valence-electron chi connectivity index (χ4n) is 2.35. The van der Waals surface area contributed by atoms with Crippen molar-refractivity contribution in [3.63, 3.8) is 0 Å². The maximum Gasteiger partial charge on any atom is 0.174 e. The predicted molar refractivity (Wildman–Crippen MR) is 111 cm³/mol. The van der Waals surface area contributed by atoms with Crippen molar-refractivity contribution in [2.45, 2.75) is 13.5 Å². The second-order valence-electron chi connectivity index (χ2n) is 5.25. The molecule has 0 aromatic heterocycles. The van der Waals surface area contributed by atoms with Gasteiger partial charge in [0.05, 0.1) is 44.3 Å². The molecule has 0 spiro atoms. The van der Waals surface area contributed by atoms with Crippen molar-refractivity contribution in [1.29, 1.82) is 0 Å². The van der Waals surface area contributed by atoms with Gasteiger partial charge in [-0.2, -0.15) is 5.10 Å². The molecular formula is C19H23IN2O4. The van der Waals surface area contributed by atoms with Gasteiger partial charge in [-0.15, -0.1) is 0 Å². The molecule has 1 N–H and O–H groups in total. The highest BCUT2D eigenvalue weighted by molar-refractivity contribution is 14.1. The highest BCUT2D eigenvalue weighted by Gasteiger charge is 2.10. The van der Waals surface area contributed by atoms with E-state index in [1.807, 2.05) is 37.3 Å². The number of nitrogens with one attached hydrogen (secondary N) is 1. The summed E-state index contributed by atoms with van der Waals surface area (Å²) in [5.41, 5.74) is 5.00. The molecule has 140 valence electrons. The highest BCUT2D eigenvalue weighted by Crippen LogP contribution is 2.33. The third kappa shape index (κ3) is 5.17. The Labute approximate surface area is 167 Å². The van der Waals surface area contributed by atoms with Crippen molar-refractivity contribution in [3.8, 4) is 23.0 Å². The lowest BCUT2D eigenvalue weighted by Crippen LogP contribution is -2.06. The molecule has 6 nitrogen and oxygen atoms in total. The zero-order valence-electron chi connectivity index (χ0n) is 15.3. The van der Waals surface area contributed by atoms with E-state index in [2.05, 4.69) is 33.1 Å². The standard InChI is InChI=1S/C19H23IN2O4/c1-5-26-19-15(20)8-14(10-18(19)25-4)12-22-21-11-13-6-7-16(23-2)17(9-13)24-3/h6-10,12,21H,5,11H2,1-4H3/b22-12-. The quantitative estimate of drug-likeness (QED) is 0.343. The molecule has 0 aliphatic carbocycles. The zero-order valence-corrected chi connectivity index (χ0v) is 17.5. The third-order valence-electron chi connectivity index (χ3n) is 3.58. The Balaban J connectivity index is 2.03. The number of rotatable bonds is 9. The second kappa shape index (κ2) is 10.1. The van der Waals surface area contributed by atoms with Crippen molar-refractivity contribution in [1.82, 2.24) is 5.43 Å². The first-order valence-electron chi connectivity index (χ1n) is 8.10. The maximum absolute atomic E-state index is 5.62. The molecule has 0 saturated carbocycles. The van der Waals surface area contributed by atoms with Crippen molar-refractivity contribution < 1.29 is 18.9 Å². The number of nitrogens with zero attached hydrogens (tertiary/aromatic N) is 1. The minimum Gasteiger partial charge on any atom is -0.493 e. The van der Waals surface area contributed by atoms with Gasteiger partial charge in [0.2, 0.25) is 0 Å². The molecule has 0 heterocycles. The van der Waals surface area contributed by atoms with Gasteiger partial charge >= 0.3 is 0 Å². The van der Waals surface area contributed by atoms with Crippen molar-refractivity contribution in [2.75, 3.05) is 27.9 Å². The molecule has 0 aliphatic heterocycles. The molecule has 0 amide bonds. The topological polar surface area (TPSA) is 61.3 Å². The summed E-state index contributed by atoms with van der Waals surface area (Å²) in [4.78, 5) is 0. The van der Waals surface area contributed by atoms with E-state index < -0.39 is 0 Å². The van der Waals surface area contributed by atoms with Crippen LogP contribution in [0.25, 0.3) is 0 Å². The average molecular weight is 470 g/mol. The molecule has 26 heavy (non-hydrogen) atoms. The van der Waals surface area contributed by atoms with Crippen LogP contribution in [0.5, 0.6) is 23.0 Å². The molecule has 0 unspecified atom stereocenters. The van der Waals surface area contributed by atoms with Crippen molar-refractivity contribution in [3.05, 3.63) is 45.0 Å². The fraction of sp³-hybridized carbons (Fsp3) is 0.316. The number of methoxy groups -OCH3 is 3. The number of hydrazone groups is 1. The largest absolute Gasteiger partial charge is 0.493 e. The average Bonchev–Trinajstić information content (AvgIpc) is 2.66. The Kier molecular flexibility index (Phi) is 7.83. The lowest BCUT2D eigenvalue weighted by atomic mass is 10.2. The van der Waals surface area contributed by atoms with Crippen LogP contribution in [0.4, 0.5) is 0 Å². The number of benzene rings is 2. The van der Waals surface area contributed by atoms with Crippen LogP contribution in [-0.2, 0) is 6.54 Å². The fourth-order valence-corrected chi connectivity index (χ4v) is 3.13. The molecule has 0 saturated heterocycles. The first-order chi connectivity index (χ1) is 12.6. The van der Waals surface area contributed by atoms with Crippen LogP contribution < -0.4 is 24.4 Å². The number of hydrogen-bond acceptors (Lipinski definition) is 6. The first-order valence-corrected chi connectivity index (χ1v) is 9.18. The summed E-state index contributed by atoms with van der Waals surface area (Å²) in [7, 11) is 4.87. The molecule has 7 heteroatoms. The number of halogens is 1. The van der Waals surface area contributed by atoms with E-state index in [0.29, 0.717) is 30.4 Å². The maximum atomic E-state index is 5.62. The monoisotopic (exact) mass is 470 g/mol. The van der Waals surface area contributed by atoms with E-state index in [1.165, 1.54) is 0 Å². The van der Waals surface area contributed by atoms with E-state index in [0.717, 1.165) is 20.4 Å². The lowest BCUT2D eigenvalue weighted by Gasteiger charge is -2.12. The van der Waals surface area contributed by atoms with Gasteiger partial charge in [-0.05, 0) is 64.9 Å². The van der Waals surface area contributed by atoms with Crippen LogP contribution in [0.2, 0.25) is 0 Å². The Morgan fingerprint density at radius 1 is 1.00 bits per heavy atom. The number of ether oxygens (including phenoxy) is 4. The predicted octanol–water partition coefficient (Wildman–Crippen LogP) is 3.84. The zero-order chi connectivity index (χ0) is 18.9. The van der Waals surface area contributed by atoms with Gasteiger partial charge in [0.1, 0.15) is 0 Å². The van der Waals surface area contributed by atoms with Crippen LogP contribution in [0.15, 0.2) is 35.4 Å². The van der Waals surface area contributed by atoms with Gasteiger partial charge in [0.15, 0.2) is 23.0 Å². The lowest BCUT2D eigenvalue weighted by molar-refractivity contribution is 0.308. The number of hydrogen-bond donors (Lipinski definition) is 1. The van der Waals surface area contributed by atoms with Crippen LogP contribution in [0, 0.1) is 3.57 Å². The van der Waals surface area contributed by atoms with Crippen molar-refractivity contribution in [2.24, 2.45) is 5.10 Å². The molecule has 2 aromatic carbocycles. The summed E-state index contributed by atoms with van der Waals surface area (Å²) < 4.78 is 22.5. The first kappa shape index (κ1) is 20.2. The van der Waals surface area contributed by atoms with Gasteiger partial charge in [-0.25, -0.2) is 0 Å². The summed E-state index contributed by atoms with van der Waals surface area (Å²) in [6.07, 6.45) is 1.75. The summed E-state index contributed by atoms with van der Waals surface area (Å²) >= 11 is 2.23. The van der Waals surface area contributed by atoms with E-state index in [4.69, 9.17) is 18.9 Å². The molecule has 0 fully saturated rings. The van der Waals surface area contributed by atoms with Crippen LogP contribution >= 0.6 is 22.6 Å². The summed E-state index contributed by atoms with van der Waals surface area (Å²) in [5, 5.41) is 4.28.